The number of carbonyl (C=O) groups excluding carboxylic acids is 3. The van der Waals surface area contributed by atoms with Crippen molar-refractivity contribution in [2.45, 2.75) is 44.1 Å². The lowest BCUT2D eigenvalue weighted by Gasteiger charge is -2.33. The van der Waals surface area contributed by atoms with Gasteiger partial charge < -0.3 is 25.5 Å². The third-order valence-electron chi connectivity index (χ3n) is 8.93. The Balaban J connectivity index is 0.992. The molecular weight excluding hydrogens is 610 g/mol. The molecule has 1 unspecified atom stereocenters. The minimum atomic E-state index is -0.433. The molecule has 3 aliphatic rings. The van der Waals surface area contributed by atoms with Crippen LogP contribution >= 0.6 is 11.6 Å². The van der Waals surface area contributed by atoms with Gasteiger partial charge in [0, 0.05) is 61.6 Å². The summed E-state index contributed by atoms with van der Waals surface area (Å²) in [6.45, 7) is 1.70. The molecule has 14 heteroatoms. The van der Waals surface area contributed by atoms with Crippen molar-refractivity contribution in [2.24, 2.45) is 7.05 Å². The fourth-order valence-corrected chi connectivity index (χ4v) is 6.73. The van der Waals surface area contributed by atoms with Crippen molar-refractivity contribution < 1.29 is 19.5 Å². The Morgan fingerprint density at radius 3 is 2.65 bits per heavy atom. The van der Waals surface area contributed by atoms with E-state index in [4.69, 9.17) is 16.6 Å². The molecule has 4 N–H and O–H groups in total. The third-order valence-corrected chi connectivity index (χ3v) is 9.21. The van der Waals surface area contributed by atoms with Crippen molar-refractivity contribution >= 4 is 69.1 Å². The van der Waals surface area contributed by atoms with E-state index >= 15 is 0 Å². The first-order valence-corrected chi connectivity index (χ1v) is 15.8. The highest BCUT2D eigenvalue weighted by atomic mass is 35.5. The summed E-state index contributed by atoms with van der Waals surface area (Å²) in [5.41, 5.74) is 5.08. The molecule has 4 aromatic rings. The second-order valence-corrected chi connectivity index (χ2v) is 12.3. The van der Waals surface area contributed by atoms with Crippen LogP contribution in [0.2, 0.25) is 5.02 Å². The topological polar surface area (TPSA) is 158 Å². The van der Waals surface area contributed by atoms with Crippen LogP contribution in [0.3, 0.4) is 0 Å². The monoisotopic (exact) mass is 643 g/mol. The van der Waals surface area contributed by atoms with Crippen LogP contribution in [-0.2, 0) is 27.9 Å². The van der Waals surface area contributed by atoms with Crippen LogP contribution in [0.1, 0.15) is 42.9 Å². The molecule has 2 aromatic carbocycles. The molecule has 0 bridgehead atoms. The number of rotatable bonds is 8. The van der Waals surface area contributed by atoms with Gasteiger partial charge in [-0.1, -0.05) is 11.6 Å². The molecule has 0 aliphatic carbocycles. The molecule has 0 saturated carbocycles. The van der Waals surface area contributed by atoms with Crippen LogP contribution in [0.25, 0.3) is 10.9 Å². The number of nitrogens with zero attached hydrogens (tertiary/aromatic N) is 6. The summed E-state index contributed by atoms with van der Waals surface area (Å²) in [5.74, 6) is 0.0965. The molecule has 238 valence electrons. The Hall–Kier alpha value is -4.75. The molecule has 2 aromatic heterocycles. The quantitative estimate of drug-likeness (QED) is 0.210. The highest BCUT2D eigenvalue weighted by molar-refractivity contribution is 6.33. The molecular formula is C32H34ClN9O4. The van der Waals surface area contributed by atoms with Gasteiger partial charge in [-0.15, -0.1) is 0 Å². The molecule has 3 aliphatic heterocycles. The van der Waals surface area contributed by atoms with E-state index in [9.17, 15) is 19.5 Å². The zero-order valence-corrected chi connectivity index (χ0v) is 26.0. The number of hydrogen-bond acceptors (Lipinski definition) is 10. The van der Waals surface area contributed by atoms with Crippen molar-refractivity contribution in [3.63, 3.8) is 0 Å². The van der Waals surface area contributed by atoms with Crippen LogP contribution in [0.5, 0.6) is 0 Å². The maximum absolute atomic E-state index is 12.5. The lowest BCUT2D eigenvalue weighted by atomic mass is 9.93. The molecule has 3 amide bonds. The minimum Gasteiger partial charge on any atom is -0.395 e. The minimum absolute atomic E-state index is 0.0297. The summed E-state index contributed by atoms with van der Waals surface area (Å²) >= 11 is 6.47. The largest absolute Gasteiger partial charge is 0.395 e. The fraction of sp³-hybridized carbons (Fsp3) is 0.375. The van der Waals surface area contributed by atoms with Gasteiger partial charge in [0.05, 0.1) is 36.4 Å². The lowest BCUT2D eigenvalue weighted by molar-refractivity contribution is -0.134. The van der Waals surface area contributed by atoms with Gasteiger partial charge >= 0.3 is 0 Å². The number of amides is 3. The van der Waals surface area contributed by atoms with E-state index in [1.165, 1.54) is 0 Å². The van der Waals surface area contributed by atoms with E-state index in [1.807, 2.05) is 37.4 Å². The molecule has 46 heavy (non-hydrogen) atoms. The highest BCUT2D eigenvalue weighted by Gasteiger charge is 2.32. The number of aliphatic hydroxyl groups is 1. The zero-order valence-electron chi connectivity index (χ0n) is 25.3. The number of carbonyl (C=O) groups is 3. The van der Waals surface area contributed by atoms with Crippen molar-refractivity contribution in [3.8, 4) is 0 Å². The number of imide groups is 1. The summed E-state index contributed by atoms with van der Waals surface area (Å²) in [5, 5.41) is 24.6. The number of aliphatic hydroxyl groups excluding tert-OH is 1. The van der Waals surface area contributed by atoms with Gasteiger partial charge in [0.25, 0.3) is 0 Å². The molecule has 7 rings (SSSR count). The fourth-order valence-electron chi connectivity index (χ4n) is 6.59. The SMILES string of the molecule is Cn1nc(C2CCC(=O)NC2=O)c2ccc(NC3CCN(c4ncc(Cl)c(Nc5ccc6c(c5)CC(=O)N6CCO)n4)CC3)cc21. The smallest absolute Gasteiger partial charge is 0.235 e. The van der Waals surface area contributed by atoms with Gasteiger partial charge in [0.2, 0.25) is 23.7 Å². The third kappa shape index (κ3) is 5.71. The zero-order chi connectivity index (χ0) is 31.9. The van der Waals surface area contributed by atoms with Crippen LogP contribution < -0.4 is 25.8 Å². The molecule has 5 heterocycles. The van der Waals surface area contributed by atoms with E-state index in [0.717, 1.165) is 59.5 Å². The second kappa shape index (κ2) is 12.2. The maximum Gasteiger partial charge on any atom is 0.235 e. The van der Waals surface area contributed by atoms with E-state index in [0.29, 0.717) is 35.3 Å². The lowest BCUT2D eigenvalue weighted by Crippen LogP contribution is -2.40. The van der Waals surface area contributed by atoms with Gasteiger partial charge in [-0.3, -0.25) is 24.4 Å². The average molecular weight is 644 g/mol. The molecule has 0 radical (unpaired) electrons. The first-order chi connectivity index (χ1) is 22.3. The number of β-amino-alcohol motifs (C(OH)–C–C–N with tert-alkyl or cyclic N) is 1. The van der Waals surface area contributed by atoms with Crippen LogP contribution in [-0.4, -0.2) is 74.9 Å². The van der Waals surface area contributed by atoms with Crippen molar-refractivity contribution in [3.05, 3.63) is 58.9 Å². The Labute approximate surface area is 269 Å². The number of anilines is 5. The van der Waals surface area contributed by atoms with Crippen molar-refractivity contribution in [2.75, 3.05) is 46.7 Å². The number of benzene rings is 2. The highest BCUT2D eigenvalue weighted by Crippen LogP contribution is 2.34. The molecule has 13 nitrogen and oxygen atoms in total. The number of nitrogens with one attached hydrogen (secondary N) is 3. The summed E-state index contributed by atoms with van der Waals surface area (Å²) < 4.78 is 1.79. The van der Waals surface area contributed by atoms with Gasteiger partial charge in [0.15, 0.2) is 5.82 Å². The van der Waals surface area contributed by atoms with E-state index < -0.39 is 5.92 Å². The maximum atomic E-state index is 12.5. The molecule has 2 fully saturated rings. The normalized spacial score (nSPS) is 18.7. The van der Waals surface area contributed by atoms with Crippen molar-refractivity contribution in [1.29, 1.82) is 0 Å². The van der Waals surface area contributed by atoms with Gasteiger partial charge in [-0.25, -0.2) is 4.98 Å². The Bertz CT molecular complexity index is 1850. The van der Waals surface area contributed by atoms with Gasteiger partial charge in [-0.2, -0.15) is 10.1 Å². The Morgan fingerprint density at radius 2 is 1.87 bits per heavy atom. The summed E-state index contributed by atoms with van der Waals surface area (Å²) in [6.07, 6.45) is 4.42. The number of halogens is 1. The van der Waals surface area contributed by atoms with E-state index in [2.05, 4.69) is 37.0 Å². The molecule has 2 saturated heterocycles. The van der Waals surface area contributed by atoms with Crippen LogP contribution in [0.15, 0.2) is 42.6 Å². The molecule has 1 atom stereocenters. The number of hydrogen-bond donors (Lipinski definition) is 4. The Morgan fingerprint density at radius 1 is 1.07 bits per heavy atom. The second-order valence-electron chi connectivity index (χ2n) is 11.9. The van der Waals surface area contributed by atoms with E-state index in [-0.39, 0.29) is 43.3 Å². The Kier molecular flexibility index (Phi) is 7.95. The summed E-state index contributed by atoms with van der Waals surface area (Å²) in [6, 6.07) is 12.0. The first-order valence-electron chi connectivity index (χ1n) is 15.4. The summed E-state index contributed by atoms with van der Waals surface area (Å²) in [4.78, 5) is 49.4. The van der Waals surface area contributed by atoms with E-state index in [1.54, 1.807) is 15.8 Å². The van der Waals surface area contributed by atoms with Crippen LogP contribution in [0, 0.1) is 0 Å². The number of aromatic nitrogens is 4. The number of aryl methyl sites for hydroxylation is 1. The molecule has 0 spiro atoms. The van der Waals surface area contributed by atoms with Crippen LogP contribution in [0.4, 0.5) is 28.8 Å². The van der Waals surface area contributed by atoms with Crippen molar-refractivity contribution in [1.82, 2.24) is 25.1 Å². The number of fused-ring (bicyclic) bond motifs is 2. The predicted octanol–water partition coefficient (Wildman–Crippen LogP) is 3.24. The van der Waals surface area contributed by atoms with Gasteiger partial charge in [-0.05, 0) is 61.2 Å². The first kappa shape index (κ1) is 29.9. The predicted molar refractivity (Wildman–Crippen MR) is 175 cm³/mol. The standard InChI is InChI=1S/C32H34ClN9O4/c1-40-26-16-21(2-4-22(26)29(39-40)23-5-7-27(44)37-31(23)46)35-19-8-10-41(11-9-19)32-34-17-24(33)30(38-32)36-20-3-6-25-18(14-20)15-28(45)42(25)12-13-43/h2-4,6,14,16-17,19,23,35,43H,5,7-13,15H2,1H3,(H,34,36,38)(H,37,44,46). The summed E-state index contributed by atoms with van der Waals surface area (Å²) in [7, 11) is 1.87. The van der Waals surface area contributed by atoms with Gasteiger partial charge in [0.1, 0.15) is 5.02 Å². The number of piperidine rings is 2. The average Bonchev–Trinajstić information content (AvgIpc) is 3.53.